The molecule has 0 amide bonds. The van der Waals surface area contributed by atoms with Crippen LogP contribution in [0.3, 0.4) is 0 Å². The molecule has 0 aromatic carbocycles. The Balaban J connectivity index is 1.86. The summed E-state index contributed by atoms with van der Waals surface area (Å²) in [6.07, 6.45) is -4.51. The quantitative estimate of drug-likeness (QED) is 0.755. The molecule has 1 aliphatic heterocycles. The number of hydrogen-bond donors (Lipinski definition) is 2. The van der Waals surface area contributed by atoms with Crippen molar-refractivity contribution < 1.29 is 13.2 Å². The number of nitrogen functional groups attached to an aromatic ring is 1. The molecule has 1 aliphatic rings. The SMILES string of the molecule is Nc1nc(Cl)c(CN2CCc3nc(C(F)(F)F)[nH]c(=O)c3C2)c(Cl)n1. The van der Waals surface area contributed by atoms with E-state index in [1.165, 1.54) is 0 Å². The summed E-state index contributed by atoms with van der Waals surface area (Å²) in [5.41, 5.74) is 5.38. The van der Waals surface area contributed by atoms with Crippen molar-refractivity contribution in [2.45, 2.75) is 25.7 Å². The Labute approximate surface area is 149 Å². The maximum atomic E-state index is 12.7. The largest absolute Gasteiger partial charge is 0.449 e. The predicted octanol–water partition coefficient (Wildman–Crippen LogP) is 2.03. The number of rotatable bonds is 2. The number of aromatic amines is 1. The zero-order chi connectivity index (χ0) is 18.4. The van der Waals surface area contributed by atoms with Crippen LogP contribution in [0, 0.1) is 0 Å². The third kappa shape index (κ3) is 3.70. The zero-order valence-corrected chi connectivity index (χ0v) is 14.0. The first-order valence-corrected chi connectivity index (χ1v) is 7.79. The fraction of sp³-hybridized carbons (Fsp3) is 0.385. The number of H-pyrrole nitrogens is 1. The lowest BCUT2D eigenvalue weighted by atomic mass is 10.1. The molecule has 0 saturated heterocycles. The van der Waals surface area contributed by atoms with Gasteiger partial charge in [0.05, 0.1) is 11.3 Å². The lowest BCUT2D eigenvalue weighted by molar-refractivity contribution is -0.145. The number of anilines is 1. The maximum absolute atomic E-state index is 12.7. The topological polar surface area (TPSA) is 101 Å². The van der Waals surface area contributed by atoms with E-state index < -0.39 is 17.6 Å². The summed E-state index contributed by atoms with van der Waals surface area (Å²) in [4.78, 5) is 26.7. The van der Waals surface area contributed by atoms with Gasteiger partial charge < -0.3 is 10.7 Å². The number of nitrogens with two attached hydrogens (primary N) is 1. The van der Waals surface area contributed by atoms with Crippen molar-refractivity contribution in [3.63, 3.8) is 0 Å². The molecule has 0 bridgehead atoms. The van der Waals surface area contributed by atoms with Crippen LogP contribution in [-0.2, 0) is 25.7 Å². The van der Waals surface area contributed by atoms with Crippen LogP contribution in [0.5, 0.6) is 0 Å². The van der Waals surface area contributed by atoms with Gasteiger partial charge >= 0.3 is 6.18 Å². The van der Waals surface area contributed by atoms with E-state index in [-0.39, 0.29) is 47.0 Å². The van der Waals surface area contributed by atoms with Crippen molar-refractivity contribution in [1.29, 1.82) is 0 Å². The predicted molar refractivity (Wildman–Crippen MR) is 84.1 cm³/mol. The summed E-state index contributed by atoms with van der Waals surface area (Å²) in [7, 11) is 0. The van der Waals surface area contributed by atoms with Gasteiger partial charge in [0.1, 0.15) is 10.3 Å². The average molecular weight is 395 g/mol. The molecule has 0 unspecified atom stereocenters. The number of halogens is 5. The number of hydrogen-bond acceptors (Lipinski definition) is 6. The first kappa shape index (κ1) is 17.9. The minimum absolute atomic E-state index is 0.0666. The van der Waals surface area contributed by atoms with Gasteiger partial charge in [0.25, 0.3) is 5.56 Å². The van der Waals surface area contributed by atoms with Crippen LogP contribution >= 0.6 is 23.2 Å². The van der Waals surface area contributed by atoms with Crippen LogP contribution in [0.25, 0.3) is 0 Å². The number of alkyl halides is 3. The van der Waals surface area contributed by atoms with Crippen molar-refractivity contribution in [3.8, 4) is 0 Å². The molecular weight excluding hydrogens is 384 g/mol. The summed E-state index contributed by atoms with van der Waals surface area (Å²) in [6.45, 7) is 0.697. The second-order valence-electron chi connectivity index (χ2n) is 5.44. The molecule has 0 saturated carbocycles. The molecular formula is C13H11Cl2F3N6O. The normalized spacial score (nSPS) is 15.2. The zero-order valence-electron chi connectivity index (χ0n) is 12.5. The molecule has 0 atom stereocenters. The van der Waals surface area contributed by atoms with Gasteiger partial charge in [-0.1, -0.05) is 23.2 Å². The van der Waals surface area contributed by atoms with Crippen LogP contribution in [0.15, 0.2) is 4.79 Å². The molecule has 12 heteroatoms. The van der Waals surface area contributed by atoms with E-state index in [2.05, 4.69) is 15.0 Å². The smallest absolute Gasteiger partial charge is 0.368 e. The van der Waals surface area contributed by atoms with E-state index in [1.54, 1.807) is 9.88 Å². The first-order chi connectivity index (χ1) is 11.6. The molecule has 0 spiro atoms. The second kappa shape index (κ2) is 6.43. The van der Waals surface area contributed by atoms with Gasteiger partial charge in [-0.2, -0.15) is 13.2 Å². The van der Waals surface area contributed by atoms with E-state index >= 15 is 0 Å². The second-order valence-corrected chi connectivity index (χ2v) is 6.16. The lowest BCUT2D eigenvalue weighted by Gasteiger charge is -2.28. The Bertz CT molecular complexity index is 862. The monoisotopic (exact) mass is 394 g/mol. The van der Waals surface area contributed by atoms with Gasteiger partial charge in [0.2, 0.25) is 11.8 Å². The molecule has 3 heterocycles. The van der Waals surface area contributed by atoms with Crippen molar-refractivity contribution >= 4 is 29.2 Å². The summed E-state index contributed by atoms with van der Waals surface area (Å²) in [5.74, 6) is -1.36. The first-order valence-electron chi connectivity index (χ1n) is 7.04. The average Bonchev–Trinajstić information content (AvgIpc) is 2.50. The number of fused-ring (bicyclic) bond motifs is 1. The highest BCUT2D eigenvalue weighted by Crippen LogP contribution is 2.28. The highest BCUT2D eigenvalue weighted by Gasteiger charge is 2.36. The number of nitrogens with one attached hydrogen (secondary N) is 1. The Hall–Kier alpha value is -1.91. The summed E-state index contributed by atoms with van der Waals surface area (Å²) in [6, 6.07) is 0. The highest BCUT2D eigenvalue weighted by molar-refractivity contribution is 6.34. The van der Waals surface area contributed by atoms with E-state index in [9.17, 15) is 18.0 Å². The van der Waals surface area contributed by atoms with E-state index in [0.29, 0.717) is 12.1 Å². The van der Waals surface area contributed by atoms with Crippen LogP contribution in [0.2, 0.25) is 10.3 Å². The molecule has 2 aromatic heterocycles. The number of aromatic nitrogens is 4. The third-order valence-electron chi connectivity index (χ3n) is 3.72. The van der Waals surface area contributed by atoms with Gasteiger partial charge in [-0.05, 0) is 0 Å². The molecule has 0 aliphatic carbocycles. The Morgan fingerprint density at radius 2 is 1.84 bits per heavy atom. The van der Waals surface area contributed by atoms with Crippen molar-refractivity contribution in [1.82, 2.24) is 24.8 Å². The van der Waals surface area contributed by atoms with E-state index in [1.807, 2.05) is 0 Å². The fourth-order valence-electron chi connectivity index (χ4n) is 2.55. The summed E-state index contributed by atoms with van der Waals surface area (Å²) < 4.78 is 38.2. The minimum Gasteiger partial charge on any atom is -0.368 e. The lowest BCUT2D eigenvalue weighted by Crippen LogP contribution is -2.36. The summed E-state index contributed by atoms with van der Waals surface area (Å²) >= 11 is 12.0. The van der Waals surface area contributed by atoms with Crippen LogP contribution in [0.4, 0.5) is 19.1 Å². The summed E-state index contributed by atoms with van der Waals surface area (Å²) in [5, 5.41) is 0.172. The Morgan fingerprint density at radius 1 is 1.20 bits per heavy atom. The Kier molecular flexibility index (Phi) is 4.60. The van der Waals surface area contributed by atoms with Gasteiger partial charge in [0.15, 0.2) is 0 Å². The molecule has 2 aromatic rings. The maximum Gasteiger partial charge on any atom is 0.449 e. The van der Waals surface area contributed by atoms with E-state index in [4.69, 9.17) is 28.9 Å². The van der Waals surface area contributed by atoms with Gasteiger partial charge in [-0.25, -0.2) is 15.0 Å². The van der Waals surface area contributed by atoms with E-state index in [0.717, 1.165) is 0 Å². The van der Waals surface area contributed by atoms with Gasteiger partial charge in [-0.3, -0.25) is 9.69 Å². The standard InChI is InChI=1S/C13H11Cl2F3N6O/c14-8-6(9(15)22-12(19)21-8)4-24-2-1-7-5(3-24)10(25)23-11(20-7)13(16,17)18/h1-4H2,(H2,19,21,22)(H,20,23,25). The third-order valence-corrected chi connectivity index (χ3v) is 4.35. The molecule has 0 fully saturated rings. The minimum atomic E-state index is -4.70. The van der Waals surface area contributed by atoms with Crippen molar-refractivity contribution in [2.75, 3.05) is 12.3 Å². The molecule has 134 valence electrons. The molecule has 3 rings (SSSR count). The highest BCUT2D eigenvalue weighted by atomic mass is 35.5. The molecule has 25 heavy (non-hydrogen) atoms. The van der Waals surface area contributed by atoms with Crippen molar-refractivity contribution in [3.05, 3.63) is 43.3 Å². The molecule has 7 nitrogen and oxygen atoms in total. The van der Waals surface area contributed by atoms with Gasteiger partial charge in [-0.15, -0.1) is 0 Å². The fourth-order valence-corrected chi connectivity index (χ4v) is 3.07. The van der Waals surface area contributed by atoms with Crippen LogP contribution < -0.4 is 11.3 Å². The van der Waals surface area contributed by atoms with Gasteiger partial charge in [0, 0.05) is 31.6 Å². The van der Waals surface area contributed by atoms with Crippen molar-refractivity contribution in [2.24, 2.45) is 0 Å². The van der Waals surface area contributed by atoms with Crippen LogP contribution in [-0.4, -0.2) is 31.4 Å². The molecule has 3 N–H and O–H groups in total. The molecule has 0 radical (unpaired) electrons. The Morgan fingerprint density at radius 3 is 2.44 bits per heavy atom. The van der Waals surface area contributed by atoms with Crippen LogP contribution in [0.1, 0.15) is 22.6 Å². The number of nitrogens with zero attached hydrogens (tertiary/aromatic N) is 4.